The summed E-state index contributed by atoms with van der Waals surface area (Å²) in [5, 5.41) is 0.226. The average molecular weight is 222 g/mol. The number of aromatic nitrogens is 2. The summed E-state index contributed by atoms with van der Waals surface area (Å²) >= 11 is 8.72. The number of hydrogen-bond acceptors (Lipinski definition) is 3. The van der Waals surface area contributed by atoms with Gasteiger partial charge in [0, 0.05) is 12.7 Å². The lowest BCUT2D eigenvalue weighted by Crippen LogP contribution is -2.01. The Morgan fingerprint density at radius 3 is 2.90 bits per heavy atom. The fourth-order valence-corrected chi connectivity index (χ4v) is 1.02. The van der Waals surface area contributed by atoms with Crippen molar-refractivity contribution in [3.63, 3.8) is 0 Å². The predicted molar refractivity (Wildman–Crippen MR) is 42.6 cm³/mol. The molecule has 0 radical (unpaired) electrons. The first-order chi connectivity index (χ1) is 4.74. The molecule has 0 aliphatic carbocycles. The summed E-state index contributed by atoms with van der Waals surface area (Å²) in [6.07, 6.45) is 1.58. The van der Waals surface area contributed by atoms with Gasteiger partial charge in [-0.2, -0.15) is 0 Å². The molecule has 0 saturated heterocycles. The summed E-state index contributed by atoms with van der Waals surface area (Å²) in [7, 11) is 0. The van der Waals surface area contributed by atoms with Crippen molar-refractivity contribution in [2.24, 2.45) is 5.73 Å². The molecule has 2 N–H and O–H groups in total. The van der Waals surface area contributed by atoms with Crippen LogP contribution < -0.4 is 5.73 Å². The van der Waals surface area contributed by atoms with E-state index in [1.165, 1.54) is 0 Å². The molecule has 1 aromatic heterocycles. The molecule has 0 amide bonds. The van der Waals surface area contributed by atoms with Gasteiger partial charge in [-0.05, 0) is 27.5 Å². The Morgan fingerprint density at radius 2 is 2.40 bits per heavy atom. The lowest BCUT2D eigenvalue weighted by Gasteiger charge is -1.97. The largest absolute Gasteiger partial charge is 0.325 e. The maximum absolute atomic E-state index is 5.50. The summed E-state index contributed by atoms with van der Waals surface area (Å²) in [4.78, 5) is 7.61. The number of hydrogen-bond donors (Lipinski definition) is 1. The van der Waals surface area contributed by atoms with E-state index in [0.717, 1.165) is 10.2 Å². The molecule has 1 heterocycles. The van der Waals surface area contributed by atoms with Gasteiger partial charge in [0.1, 0.15) is 0 Å². The van der Waals surface area contributed by atoms with Gasteiger partial charge in [-0.3, -0.25) is 0 Å². The van der Waals surface area contributed by atoms with Crippen LogP contribution in [0.25, 0.3) is 0 Å². The Bertz CT molecular complexity index is 240. The molecule has 0 aliphatic heterocycles. The number of halogens is 2. The van der Waals surface area contributed by atoms with Crippen LogP contribution in [0.1, 0.15) is 5.69 Å². The second kappa shape index (κ2) is 3.27. The average Bonchev–Trinajstić information content (AvgIpc) is 1.94. The molecule has 0 saturated carbocycles. The zero-order chi connectivity index (χ0) is 7.56. The molecule has 1 rings (SSSR count). The molecule has 0 unspecified atom stereocenters. The van der Waals surface area contributed by atoms with Crippen molar-refractivity contribution in [2.75, 3.05) is 0 Å². The van der Waals surface area contributed by atoms with E-state index < -0.39 is 0 Å². The molecule has 5 heteroatoms. The van der Waals surface area contributed by atoms with E-state index in [1.54, 1.807) is 6.20 Å². The number of nitrogens with zero attached hydrogens (tertiary/aromatic N) is 2. The topological polar surface area (TPSA) is 51.8 Å². The van der Waals surface area contributed by atoms with Crippen LogP contribution in [0.5, 0.6) is 0 Å². The van der Waals surface area contributed by atoms with Gasteiger partial charge < -0.3 is 5.73 Å². The molecule has 54 valence electrons. The molecular weight excluding hydrogens is 217 g/mol. The monoisotopic (exact) mass is 221 g/mol. The van der Waals surface area contributed by atoms with E-state index in [0.29, 0.717) is 6.54 Å². The van der Waals surface area contributed by atoms with Crippen LogP contribution in [0.2, 0.25) is 5.28 Å². The fraction of sp³-hybridized carbons (Fsp3) is 0.200. The van der Waals surface area contributed by atoms with Crippen molar-refractivity contribution in [1.82, 2.24) is 9.97 Å². The highest BCUT2D eigenvalue weighted by atomic mass is 79.9. The first-order valence-electron chi connectivity index (χ1n) is 2.61. The van der Waals surface area contributed by atoms with E-state index >= 15 is 0 Å². The highest BCUT2D eigenvalue weighted by Gasteiger charge is 1.99. The van der Waals surface area contributed by atoms with Crippen molar-refractivity contribution < 1.29 is 0 Å². The van der Waals surface area contributed by atoms with Crippen molar-refractivity contribution in [1.29, 1.82) is 0 Å². The van der Waals surface area contributed by atoms with E-state index in [2.05, 4.69) is 25.9 Å². The Balaban J connectivity index is 3.09. The standard InChI is InChI=1S/C5H5BrClN3/c6-3-2-9-5(7)10-4(3)1-8/h2H,1,8H2. The van der Waals surface area contributed by atoms with Gasteiger partial charge in [0.15, 0.2) is 0 Å². The van der Waals surface area contributed by atoms with Crippen LogP contribution in [0, 0.1) is 0 Å². The van der Waals surface area contributed by atoms with Gasteiger partial charge in [0.25, 0.3) is 0 Å². The van der Waals surface area contributed by atoms with Crippen LogP contribution in [-0.2, 0) is 6.54 Å². The Kier molecular flexibility index (Phi) is 2.59. The smallest absolute Gasteiger partial charge is 0.222 e. The fourth-order valence-electron chi connectivity index (χ4n) is 0.521. The SMILES string of the molecule is NCc1nc(Cl)ncc1Br. The molecule has 0 atom stereocenters. The van der Waals surface area contributed by atoms with Crippen LogP contribution in [-0.4, -0.2) is 9.97 Å². The highest BCUT2D eigenvalue weighted by Crippen LogP contribution is 2.13. The lowest BCUT2D eigenvalue weighted by molar-refractivity contribution is 0.951. The van der Waals surface area contributed by atoms with Gasteiger partial charge in [0.05, 0.1) is 10.2 Å². The first-order valence-corrected chi connectivity index (χ1v) is 3.78. The van der Waals surface area contributed by atoms with E-state index in [-0.39, 0.29) is 5.28 Å². The lowest BCUT2D eigenvalue weighted by atomic mass is 10.4. The van der Waals surface area contributed by atoms with Gasteiger partial charge in [-0.25, -0.2) is 9.97 Å². The molecular formula is C5H5BrClN3. The zero-order valence-electron chi connectivity index (χ0n) is 5.01. The zero-order valence-corrected chi connectivity index (χ0v) is 7.35. The van der Waals surface area contributed by atoms with Crippen LogP contribution in [0.4, 0.5) is 0 Å². The minimum absolute atomic E-state index is 0.226. The number of rotatable bonds is 1. The third-order valence-electron chi connectivity index (χ3n) is 0.981. The predicted octanol–water partition coefficient (Wildman–Crippen LogP) is 1.35. The summed E-state index contributed by atoms with van der Waals surface area (Å²) in [5.74, 6) is 0. The Hall–Kier alpha value is -0.190. The molecule has 0 spiro atoms. The molecule has 0 fully saturated rings. The van der Waals surface area contributed by atoms with E-state index in [1.807, 2.05) is 0 Å². The molecule has 1 aromatic rings. The second-order valence-electron chi connectivity index (χ2n) is 1.64. The minimum atomic E-state index is 0.226. The van der Waals surface area contributed by atoms with E-state index in [9.17, 15) is 0 Å². The molecule has 0 aliphatic rings. The molecule has 10 heavy (non-hydrogen) atoms. The van der Waals surface area contributed by atoms with Gasteiger partial charge in [-0.1, -0.05) is 0 Å². The summed E-state index contributed by atoms with van der Waals surface area (Å²) < 4.78 is 0.791. The molecule has 0 bridgehead atoms. The third kappa shape index (κ3) is 1.65. The van der Waals surface area contributed by atoms with Gasteiger partial charge in [-0.15, -0.1) is 0 Å². The quantitative estimate of drug-likeness (QED) is 0.730. The molecule has 3 nitrogen and oxygen atoms in total. The minimum Gasteiger partial charge on any atom is -0.325 e. The molecule has 0 aromatic carbocycles. The van der Waals surface area contributed by atoms with Crippen LogP contribution in [0.15, 0.2) is 10.7 Å². The van der Waals surface area contributed by atoms with Gasteiger partial charge >= 0.3 is 0 Å². The normalized spacial score (nSPS) is 9.90. The van der Waals surface area contributed by atoms with Crippen molar-refractivity contribution in [2.45, 2.75) is 6.54 Å². The maximum atomic E-state index is 5.50. The summed E-state index contributed by atoms with van der Waals surface area (Å²) in [6, 6.07) is 0. The first kappa shape index (κ1) is 7.91. The Labute approximate surface area is 71.7 Å². The second-order valence-corrected chi connectivity index (χ2v) is 2.83. The number of nitrogens with two attached hydrogens (primary N) is 1. The Morgan fingerprint density at radius 1 is 1.70 bits per heavy atom. The third-order valence-corrected chi connectivity index (χ3v) is 1.83. The van der Waals surface area contributed by atoms with Crippen LogP contribution in [0.3, 0.4) is 0 Å². The van der Waals surface area contributed by atoms with Gasteiger partial charge in [0.2, 0.25) is 5.28 Å². The summed E-state index contributed by atoms with van der Waals surface area (Å²) in [5.41, 5.74) is 6.06. The van der Waals surface area contributed by atoms with Crippen molar-refractivity contribution in [3.05, 3.63) is 21.6 Å². The maximum Gasteiger partial charge on any atom is 0.222 e. The van der Waals surface area contributed by atoms with E-state index in [4.69, 9.17) is 17.3 Å². The van der Waals surface area contributed by atoms with Crippen LogP contribution >= 0.6 is 27.5 Å². The highest BCUT2D eigenvalue weighted by molar-refractivity contribution is 9.10. The van der Waals surface area contributed by atoms with Crippen molar-refractivity contribution >= 4 is 27.5 Å². The van der Waals surface area contributed by atoms with Crippen molar-refractivity contribution in [3.8, 4) is 0 Å². The summed E-state index contributed by atoms with van der Waals surface area (Å²) in [6.45, 7) is 0.364.